The molecule has 0 aliphatic carbocycles. The molecule has 5 heteroatoms. The van der Waals surface area contributed by atoms with Crippen LogP contribution in [0.4, 0.5) is 5.69 Å². The van der Waals surface area contributed by atoms with Gasteiger partial charge in [0.1, 0.15) is 0 Å². The predicted octanol–water partition coefficient (Wildman–Crippen LogP) is 1.27. The van der Waals surface area contributed by atoms with Gasteiger partial charge < -0.3 is 10.0 Å². The Balaban J connectivity index is 2.07. The van der Waals surface area contributed by atoms with Gasteiger partial charge in [-0.2, -0.15) is 0 Å². The van der Waals surface area contributed by atoms with Crippen molar-refractivity contribution in [1.82, 2.24) is 4.98 Å². The first kappa shape index (κ1) is 12.5. The van der Waals surface area contributed by atoms with Crippen molar-refractivity contribution in [3.05, 3.63) is 48.3 Å². The molecule has 0 saturated carbocycles. The maximum atomic E-state index is 12.0. The van der Waals surface area contributed by atoms with Gasteiger partial charge in [-0.15, -0.1) is 0 Å². The minimum Gasteiger partial charge on any atom is -0.395 e. The molecule has 3 rings (SSSR count). The third kappa shape index (κ3) is 1.88. The summed E-state index contributed by atoms with van der Waals surface area (Å²) in [6.45, 7) is -0.0449. The van der Waals surface area contributed by atoms with E-state index in [1.165, 1.54) is 4.90 Å². The van der Waals surface area contributed by atoms with Crippen molar-refractivity contribution in [2.75, 3.05) is 18.1 Å². The summed E-state index contributed by atoms with van der Waals surface area (Å²) in [5, 5.41) is 8.98. The fourth-order valence-corrected chi connectivity index (χ4v) is 2.35. The number of pyridine rings is 1. The lowest BCUT2D eigenvalue weighted by Crippen LogP contribution is -2.32. The van der Waals surface area contributed by atoms with Crippen molar-refractivity contribution in [2.24, 2.45) is 0 Å². The SMILES string of the molecule is O=C1C(=O)N(CCO)c2ccc(-c3ccncc3)cc21. The number of aliphatic hydroxyl groups excluding tert-OH is 1. The molecule has 0 radical (unpaired) electrons. The molecule has 1 amide bonds. The van der Waals surface area contributed by atoms with Crippen LogP contribution in [0.3, 0.4) is 0 Å². The van der Waals surface area contributed by atoms with E-state index in [1.54, 1.807) is 24.5 Å². The standard InChI is InChI=1S/C15H12N2O3/c18-8-7-17-13-2-1-11(10-3-5-16-6-4-10)9-12(13)14(19)15(17)20/h1-6,9,18H,7-8H2. The Morgan fingerprint density at radius 2 is 1.80 bits per heavy atom. The van der Waals surface area contributed by atoms with Crippen molar-refractivity contribution in [3.8, 4) is 11.1 Å². The van der Waals surface area contributed by atoms with E-state index in [4.69, 9.17) is 5.11 Å². The third-order valence-electron chi connectivity index (χ3n) is 3.31. The predicted molar refractivity (Wildman–Crippen MR) is 73.4 cm³/mol. The number of fused-ring (bicyclic) bond motifs is 1. The zero-order valence-electron chi connectivity index (χ0n) is 10.6. The molecule has 0 unspecified atom stereocenters. The van der Waals surface area contributed by atoms with E-state index in [9.17, 15) is 9.59 Å². The average molecular weight is 268 g/mol. The van der Waals surface area contributed by atoms with E-state index in [0.717, 1.165) is 11.1 Å². The maximum absolute atomic E-state index is 12.0. The van der Waals surface area contributed by atoms with Gasteiger partial charge in [0.25, 0.3) is 11.7 Å². The highest BCUT2D eigenvalue weighted by atomic mass is 16.3. The number of aromatic nitrogens is 1. The summed E-state index contributed by atoms with van der Waals surface area (Å²) in [6.07, 6.45) is 3.35. The fraction of sp³-hybridized carbons (Fsp3) is 0.133. The number of anilines is 1. The van der Waals surface area contributed by atoms with E-state index in [2.05, 4.69) is 4.98 Å². The maximum Gasteiger partial charge on any atom is 0.299 e. The molecular weight excluding hydrogens is 256 g/mol. The minimum absolute atomic E-state index is 0.131. The number of rotatable bonds is 3. The van der Waals surface area contributed by atoms with Crippen LogP contribution in [-0.4, -0.2) is 34.9 Å². The van der Waals surface area contributed by atoms with Crippen LogP contribution >= 0.6 is 0 Å². The van der Waals surface area contributed by atoms with Gasteiger partial charge in [-0.3, -0.25) is 14.6 Å². The average Bonchev–Trinajstić information content (AvgIpc) is 2.73. The normalized spacial score (nSPS) is 13.8. The van der Waals surface area contributed by atoms with Crippen molar-refractivity contribution in [2.45, 2.75) is 0 Å². The number of carbonyl (C=O) groups is 2. The summed E-state index contributed by atoms with van der Waals surface area (Å²) in [6, 6.07) is 8.99. The van der Waals surface area contributed by atoms with E-state index in [1.807, 2.05) is 18.2 Å². The Kier molecular flexibility index (Phi) is 3.04. The largest absolute Gasteiger partial charge is 0.395 e. The second kappa shape index (κ2) is 4.86. The summed E-state index contributed by atoms with van der Waals surface area (Å²) < 4.78 is 0. The van der Waals surface area contributed by atoms with Crippen molar-refractivity contribution >= 4 is 17.4 Å². The van der Waals surface area contributed by atoms with Crippen LogP contribution in [0, 0.1) is 0 Å². The lowest BCUT2D eigenvalue weighted by molar-refractivity contribution is -0.114. The second-order valence-corrected chi connectivity index (χ2v) is 4.48. The van der Waals surface area contributed by atoms with Gasteiger partial charge in [-0.1, -0.05) is 6.07 Å². The van der Waals surface area contributed by atoms with Gasteiger partial charge in [0.05, 0.1) is 17.9 Å². The Morgan fingerprint density at radius 3 is 2.50 bits per heavy atom. The fourth-order valence-electron chi connectivity index (χ4n) is 2.35. The summed E-state index contributed by atoms with van der Waals surface area (Å²) in [7, 11) is 0. The summed E-state index contributed by atoms with van der Waals surface area (Å²) in [5.74, 6) is -1.11. The summed E-state index contributed by atoms with van der Waals surface area (Å²) in [4.78, 5) is 29.1. The minimum atomic E-state index is -0.582. The number of nitrogens with zero attached hydrogens (tertiary/aromatic N) is 2. The summed E-state index contributed by atoms with van der Waals surface area (Å²) in [5.41, 5.74) is 2.74. The number of aliphatic hydroxyl groups is 1. The van der Waals surface area contributed by atoms with E-state index in [-0.39, 0.29) is 13.2 Å². The molecule has 1 aliphatic rings. The summed E-state index contributed by atoms with van der Waals surface area (Å²) >= 11 is 0. The molecule has 1 N–H and O–H groups in total. The van der Waals surface area contributed by atoms with Crippen LogP contribution in [0.25, 0.3) is 11.1 Å². The number of benzene rings is 1. The number of carbonyl (C=O) groups excluding carboxylic acids is 2. The van der Waals surface area contributed by atoms with Crippen LogP contribution < -0.4 is 4.90 Å². The molecule has 0 fully saturated rings. The molecule has 1 aromatic heterocycles. The number of Topliss-reactive ketones (excluding diaryl/α,β-unsaturated/α-hetero) is 1. The molecule has 0 saturated heterocycles. The molecule has 100 valence electrons. The van der Waals surface area contributed by atoms with Crippen LogP contribution in [0.1, 0.15) is 10.4 Å². The lowest BCUT2D eigenvalue weighted by atomic mass is 10.0. The second-order valence-electron chi connectivity index (χ2n) is 4.48. The molecular formula is C15H12N2O3. The first-order valence-electron chi connectivity index (χ1n) is 6.24. The molecule has 20 heavy (non-hydrogen) atoms. The number of hydrogen-bond donors (Lipinski definition) is 1. The van der Waals surface area contributed by atoms with Gasteiger partial charge in [0, 0.05) is 18.9 Å². The third-order valence-corrected chi connectivity index (χ3v) is 3.31. The monoisotopic (exact) mass is 268 g/mol. The molecule has 0 bridgehead atoms. The van der Waals surface area contributed by atoms with Crippen molar-refractivity contribution in [1.29, 1.82) is 0 Å². The Labute approximate surface area is 115 Å². The topological polar surface area (TPSA) is 70.5 Å². The quantitative estimate of drug-likeness (QED) is 0.851. The van der Waals surface area contributed by atoms with Gasteiger partial charge in [0.15, 0.2) is 0 Å². The molecule has 2 heterocycles. The highest BCUT2D eigenvalue weighted by Crippen LogP contribution is 2.32. The van der Waals surface area contributed by atoms with Crippen molar-refractivity contribution in [3.63, 3.8) is 0 Å². The van der Waals surface area contributed by atoms with Crippen molar-refractivity contribution < 1.29 is 14.7 Å². The first-order valence-corrected chi connectivity index (χ1v) is 6.24. The Hall–Kier alpha value is -2.53. The molecule has 0 spiro atoms. The van der Waals surface area contributed by atoms with Crippen LogP contribution in [0.15, 0.2) is 42.7 Å². The van der Waals surface area contributed by atoms with Gasteiger partial charge >= 0.3 is 0 Å². The van der Waals surface area contributed by atoms with Gasteiger partial charge in [-0.05, 0) is 35.4 Å². The highest BCUT2D eigenvalue weighted by molar-refractivity contribution is 6.52. The van der Waals surface area contributed by atoms with E-state index in [0.29, 0.717) is 11.3 Å². The molecule has 2 aromatic rings. The van der Waals surface area contributed by atoms with Crippen LogP contribution in [-0.2, 0) is 4.79 Å². The molecule has 5 nitrogen and oxygen atoms in total. The Bertz CT molecular complexity index is 683. The Morgan fingerprint density at radius 1 is 1.05 bits per heavy atom. The van der Waals surface area contributed by atoms with E-state index < -0.39 is 11.7 Å². The van der Waals surface area contributed by atoms with Crippen LogP contribution in [0.2, 0.25) is 0 Å². The lowest BCUT2D eigenvalue weighted by Gasteiger charge is -2.14. The van der Waals surface area contributed by atoms with Gasteiger partial charge in [-0.25, -0.2) is 0 Å². The number of amides is 1. The number of hydrogen-bond acceptors (Lipinski definition) is 4. The zero-order valence-corrected chi connectivity index (χ0v) is 10.6. The molecule has 0 atom stereocenters. The molecule has 1 aliphatic heterocycles. The zero-order chi connectivity index (χ0) is 14.1. The van der Waals surface area contributed by atoms with Gasteiger partial charge in [0.2, 0.25) is 0 Å². The smallest absolute Gasteiger partial charge is 0.299 e. The number of β-amino-alcohol motifs (C(OH)–C–C–N with tert-alkyl or cyclic N) is 1. The molecule has 1 aromatic carbocycles. The highest BCUT2D eigenvalue weighted by Gasteiger charge is 2.35. The first-order chi connectivity index (χ1) is 9.72. The van der Waals surface area contributed by atoms with E-state index >= 15 is 0 Å². The number of ketones is 1. The van der Waals surface area contributed by atoms with Crippen LogP contribution in [0.5, 0.6) is 0 Å².